The van der Waals surface area contributed by atoms with Gasteiger partial charge in [-0.15, -0.1) is 6.58 Å². The van der Waals surface area contributed by atoms with Gasteiger partial charge in [-0.25, -0.2) is 0 Å². The third-order valence-corrected chi connectivity index (χ3v) is 1.43. The van der Waals surface area contributed by atoms with Crippen LogP contribution in [0, 0.1) is 11.3 Å². The van der Waals surface area contributed by atoms with E-state index in [0.717, 1.165) is 0 Å². The Bertz CT molecular complexity index is 153. The lowest BCUT2D eigenvalue weighted by molar-refractivity contribution is -0.140. The summed E-state index contributed by atoms with van der Waals surface area (Å²) in [7, 11) is 0. The Labute approximate surface area is 67.9 Å². The number of rotatable bonds is 3. The van der Waals surface area contributed by atoms with Gasteiger partial charge in [0, 0.05) is 0 Å². The second kappa shape index (κ2) is 3.56. The van der Waals surface area contributed by atoms with E-state index in [-0.39, 0.29) is 5.41 Å². The molecular formula is C9H16O2. The zero-order valence-electron chi connectivity index (χ0n) is 7.42. The summed E-state index contributed by atoms with van der Waals surface area (Å²) in [6.45, 7) is 9.55. The van der Waals surface area contributed by atoms with Crippen LogP contribution >= 0.6 is 0 Å². The Morgan fingerprint density at radius 1 is 1.64 bits per heavy atom. The molecule has 0 radical (unpaired) electrons. The topological polar surface area (TPSA) is 37.3 Å². The van der Waals surface area contributed by atoms with Crippen molar-refractivity contribution < 1.29 is 9.90 Å². The monoisotopic (exact) mass is 156 g/mol. The molecule has 11 heavy (non-hydrogen) atoms. The molecule has 0 fully saturated rings. The summed E-state index contributed by atoms with van der Waals surface area (Å²) in [6.07, 6.45) is 2.14. The molecule has 0 amide bonds. The molecule has 0 saturated heterocycles. The van der Waals surface area contributed by atoms with Crippen LogP contribution in [-0.2, 0) is 4.79 Å². The van der Waals surface area contributed by atoms with Gasteiger partial charge in [-0.1, -0.05) is 26.8 Å². The number of carbonyl (C=O) groups is 1. The van der Waals surface area contributed by atoms with Crippen molar-refractivity contribution in [3.63, 3.8) is 0 Å². The molecule has 0 aromatic carbocycles. The molecule has 0 bridgehead atoms. The summed E-state index contributed by atoms with van der Waals surface area (Å²) in [5.41, 5.74) is 0.0528. The van der Waals surface area contributed by atoms with Crippen molar-refractivity contribution >= 4 is 5.97 Å². The minimum absolute atomic E-state index is 0.0528. The van der Waals surface area contributed by atoms with Crippen LogP contribution in [0.25, 0.3) is 0 Å². The smallest absolute Gasteiger partial charge is 0.310 e. The maximum Gasteiger partial charge on any atom is 0.310 e. The fraction of sp³-hybridized carbons (Fsp3) is 0.667. The third-order valence-electron chi connectivity index (χ3n) is 1.43. The van der Waals surface area contributed by atoms with Crippen molar-refractivity contribution in [3.8, 4) is 0 Å². The molecule has 1 atom stereocenters. The maximum absolute atomic E-state index is 10.5. The van der Waals surface area contributed by atoms with Gasteiger partial charge in [0.2, 0.25) is 0 Å². The number of hydrogen-bond donors (Lipinski definition) is 1. The van der Waals surface area contributed by atoms with E-state index < -0.39 is 11.9 Å². The van der Waals surface area contributed by atoms with E-state index in [2.05, 4.69) is 6.58 Å². The molecule has 0 unspecified atom stereocenters. The zero-order chi connectivity index (χ0) is 9.07. The van der Waals surface area contributed by atoms with Crippen LogP contribution in [-0.4, -0.2) is 11.1 Å². The highest BCUT2D eigenvalue weighted by atomic mass is 16.4. The fourth-order valence-corrected chi connectivity index (χ4v) is 0.931. The number of carboxylic acids is 1. The Hall–Kier alpha value is -0.790. The molecule has 64 valence electrons. The minimum Gasteiger partial charge on any atom is -0.481 e. The molecule has 0 aromatic heterocycles. The quantitative estimate of drug-likeness (QED) is 0.636. The Morgan fingerprint density at radius 3 is 2.18 bits per heavy atom. The molecule has 0 aliphatic rings. The summed E-state index contributed by atoms with van der Waals surface area (Å²) in [5, 5.41) is 8.67. The van der Waals surface area contributed by atoms with Crippen molar-refractivity contribution in [2.75, 3.05) is 0 Å². The fourth-order valence-electron chi connectivity index (χ4n) is 0.931. The predicted molar refractivity (Wildman–Crippen MR) is 45.4 cm³/mol. The van der Waals surface area contributed by atoms with Crippen molar-refractivity contribution in [1.29, 1.82) is 0 Å². The van der Waals surface area contributed by atoms with Crippen LogP contribution in [0.15, 0.2) is 12.7 Å². The summed E-state index contributed by atoms with van der Waals surface area (Å²) in [4.78, 5) is 10.5. The first kappa shape index (κ1) is 10.2. The molecule has 2 heteroatoms. The third kappa shape index (κ3) is 4.59. The Balaban J connectivity index is 4.10. The highest BCUT2D eigenvalue weighted by Crippen LogP contribution is 2.24. The molecule has 0 rings (SSSR count). The molecule has 0 saturated carbocycles. The number of carboxylic acid groups (broad SMARTS) is 1. The van der Waals surface area contributed by atoms with E-state index in [1.807, 2.05) is 20.8 Å². The minimum atomic E-state index is -0.782. The zero-order valence-corrected chi connectivity index (χ0v) is 7.42. The lowest BCUT2D eigenvalue weighted by Gasteiger charge is -2.20. The van der Waals surface area contributed by atoms with Crippen LogP contribution in [0.5, 0.6) is 0 Å². The van der Waals surface area contributed by atoms with Gasteiger partial charge in [0.05, 0.1) is 5.92 Å². The highest BCUT2D eigenvalue weighted by Gasteiger charge is 2.21. The van der Waals surface area contributed by atoms with E-state index in [4.69, 9.17) is 5.11 Å². The molecule has 0 spiro atoms. The Kier molecular flexibility index (Phi) is 3.30. The van der Waals surface area contributed by atoms with Gasteiger partial charge in [-0.05, 0) is 11.8 Å². The molecule has 0 aliphatic heterocycles. The first-order chi connectivity index (χ1) is 4.87. The number of aliphatic carboxylic acids is 1. The van der Waals surface area contributed by atoms with Gasteiger partial charge < -0.3 is 5.11 Å². The molecule has 2 nitrogen and oxygen atoms in total. The SMILES string of the molecule is C=C[C@@H](CC(C)(C)C)C(=O)O. The van der Waals surface area contributed by atoms with Crippen LogP contribution in [0.3, 0.4) is 0 Å². The average molecular weight is 156 g/mol. The largest absolute Gasteiger partial charge is 0.481 e. The summed E-state index contributed by atoms with van der Waals surface area (Å²) in [5.74, 6) is -1.19. The van der Waals surface area contributed by atoms with E-state index in [0.29, 0.717) is 6.42 Å². The highest BCUT2D eigenvalue weighted by molar-refractivity contribution is 5.71. The molecule has 1 N–H and O–H groups in total. The van der Waals surface area contributed by atoms with Gasteiger partial charge >= 0.3 is 5.97 Å². The van der Waals surface area contributed by atoms with E-state index in [1.54, 1.807) is 0 Å². The summed E-state index contributed by atoms with van der Waals surface area (Å²) in [6, 6.07) is 0. The van der Waals surface area contributed by atoms with Gasteiger partial charge in [-0.3, -0.25) is 4.79 Å². The normalized spacial score (nSPS) is 14.1. The lowest BCUT2D eigenvalue weighted by Crippen LogP contribution is -2.18. The van der Waals surface area contributed by atoms with Crippen LogP contribution < -0.4 is 0 Å². The second-order valence-corrected chi connectivity index (χ2v) is 3.95. The second-order valence-electron chi connectivity index (χ2n) is 3.95. The maximum atomic E-state index is 10.5. The van der Waals surface area contributed by atoms with Crippen molar-refractivity contribution in [2.24, 2.45) is 11.3 Å². The first-order valence-corrected chi connectivity index (χ1v) is 3.72. The standard InChI is InChI=1S/C9H16O2/c1-5-7(8(10)11)6-9(2,3)4/h5,7H,1,6H2,2-4H3,(H,10,11)/t7-/m0/s1. The van der Waals surface area contributed by atoms with Gasteiger partial charge in [-0.2, -0.15) is 0 Å². The summed E-state index contributed by atoms with van der Waals surface area (Å²) >= 11 is 0. The number of hydrogen-bond acceptors (Lipinski definition) is 1. The van der Waals surface area contributed by atoms with Gasteiger partial charge in [0.1, 0.15) is 0 Å². The lowest BCUT2D eigenvalue weighted by atomic mass is 9.85. The van der Waals surface area contributed by atoms with E-state index >= 15 is 0 Å². The van der Waals surface area contributed by atoms with Crippen molar-refractivity contribution in [3.05, 3.63) is 12.7 Å². The molecule has 0 aromatic rings. The predicted octanol–water partition coefficient (Wildman–Crippen LogP) is 2.31. The molecule has 0 heterocycles. The van der Waals surface area contributed by atoms with Gasteiger partial charge in [0.25, 0.3) is 0 Å². The van der Waals surface area contributed by atoms with Gasteiger partial charge in [0.15, 0.2) is 0 Å². The summed E-state index contributed by atoms with van der Waals surface area (Å²) < 4.78 is 0. The Morgan fingerprint density at radius 2 is 2.09 bits per heavy atom. The van der Waals surface area contributed by atoms with Crippen LogP contribution in [0.4, 0.5) is 0 Å². The first-order valence-electron chi connectivity index (χ1n) is 3.72. The average Bonchev–Trinajstić information content (AvgIpc) is 1.80. The van der Waals surface area contributed by atoms with E-state index in [9.17, 15) is 4.79 Å². The van der Waals surface area contributed by atoms with Crippen LogP contribution in [0.1, 0.15) is 27.2 Å². The van der Waals surface area contributed by atoms with E-state index in [1.165, 1.54) is 6.08 Å². The molecule has 0 aliphatic carbocycles. The van der Waals surface area contributed by atoms with Crippen molar-refractivity contribution in [2.45, 2.75) is 27.2 Å². The van der Waals surface area contributed by atoms with Crippen molar-refractivity contribution in [1.82, 2.24) is 0 Å². The molecular weight excluding hydrogens is 140 g/mol. The van der Waals surface area contributed by atoms with Crippen LogP contribution in [0.2, 0.25) is 0 Å².